The molecule has 1 aliphatic rings. The van der Waals surface area contributed by atoms with E-state index in [0.717, 1.165) is 5.92 Å². The van der Waals surface area contributed by atoms with Crippen LogP contribution in [-0.4, -0.2) is 0 Å². The molecule has 0 amide bonds. The van der Waals surface area contributed by atoms with Crippen molar-refractivity contribution in [3.63, 3.8) is 0 Å². The molecule has 13 heavy (non-hydrogen) atoms. The van der Waals surface area contributed by atoms with Crippen LogP contribution >= 0.6 is 15.9 Å². The van der Waals surface area contributed by atoms with E-state index in [1.54, 1.807) is 0 Å². The van der Waals surface area contributed by atoms with Crippen molar-refractivity contribution in [2.24, 2.45) is 0 Å². The number of rotatable bonds is 1. The Morgan fingerprint density at radius 3 is 2.08 bits per heavy atom. The summed E-state index contributed by atoms with van der Waals surface area (Å²) in [6.07, 6.45) is 5.62. The molecule has 2 heteroatoms. The van der Waals surface area contributed by atoms with Crippen molar-refractivity contribution >= 4 is 15.9 Å². The number of hydrogen-bond acceptors (Lipinski definition) is 0. The minimum absolute atomic E-state index is 0. The average Bonchev–Trinajstić information content (AvgIpc) is 2.58. The molecule has 0 bridgehead atoms. The Bertz CT molecular complexity index is 249. The summed E-state index contributed by atoms with van der Waals surface area (Å²) in [6, 6.07) is 8.79. The molecule has 1 saturated carbocycles. The maximum Gasteiger partial charge on any atom is 0.0175 e. The zero-order valence-corrected chi connectivity index (χ0v) is 9.74. The van der Waals surface area contributed by atoms with Gasteiger partial charge in [-0.15, -0.1) is 0 Å². The van der Waals surface area contributed by atoms with Crippen LogP contribution in [0.15, 0.2) is 28.7 Å². The van der Waals surface area contributed by atoms with Crippen LogP contribution in [0.5, 0.6) is 0 Å². The first kappa shape index (κ1) is 12.0. The molecule has 2 rings (SSSR count). The van der Waals surface area contributed by atoms with Gasteiger partial charge in [-0.3, -0.25) is 0 Å². The number of hydrogen-bond donors (Lipinski definition) is 0. The Morgan fingerprint density at radius 1 is 1.00 bits per heavy atom. The van der Waals surface area contributed by atoms with Crippen LogP contribution in [0.1, 0.15) is 37.2 Å². The predicted octanol–water partition coefficient (Wildman–Crippen LogP) is 4.11. The van der Waals surface area contributed by atoms with Gasteiger partial charge >= 0.3 is 0 Å². The molecule has 1 aromatic carbocycles. The van der Waals surface area contributed by atoms with Crippen molar-refractivity contribution < 1.29 is 37.7 Å². The van der Waals surface area contributed by atoms with Gasteiger partial charge in [0.15, 0.2) is 0 Å². The molecule has 0 aromatic heterocycles. The van der Waals surface area contributed by atoms with Crippen molar-refractivity contribution in [2.75, 3.05) is 0 Å². The van der Waals surface area contributed by atoms with Crippen molar-refractivity contribution in [3.05, 3.63) is 34.3 Å². The van der Waals surface area contributed by atoms with Crippen molar-refractivity contribution in [3.8, 4) is 0 Å². The molecule has 0 heterocycles. The summed E-state index contributed by atoms with van der Waals surface area (Å²) < 4.78 is 1.18. The molecule has 0 spiro atoms. The molecule has 0 aliphatic heterocycles. The van der Waals surface area contributed by atoms with Gasteiger partial charge in [-0.05, 0) is 36.5 Å². The minimum atomic E-state index is 0. The zero-order valence-electron chi connectivity index (χ0n) is 7.45. The molecule has 0 N–H and O–H groups in total. The smallest absolute Gasteiger partial charge is 0.0175 e. The minimum Gasteiger partial charge on any atom is -0.0576 e. The largest absolute Gasteiger partial charge is 0.0576 e. The summed E-state index contributed by atoms with van der Waals surface area (Å²) in [6.45, 7) is 0. The molecule has 0 radical (unpaired) electrons. The second kappa shape index (κ2) is 5.75. The Balaban J connectivity index is 0.000000845. The maximum atomic E-state index is 3.45. The van der Waals surface area contributed by atoms with Crippen LogP contribution in [-0.2, 0) is 0 Å². The summed E-state index contributed by atoms with van der Waals surface area (Å²) in [4.78, 5) is 0. The molecule has 0 nitrogen and oxygen atoms in total. The van der Waals surface area contributed by atoms with E-state index in [2.05, 4.69) is 40.2 Å². The SMILES string of the molecule is Brc1ccc(C2CCCC2)cc1.[Ar]. The summed E-state index contributed by atoms with van der Waals surface area (Å²) in [5.41, 5.74) is 1.52. The first-order valence-electron chi connectivity index (χ1n) is 4.62. The third kappa shape index (κ3) is 3.23. The summed E-state index contributed by atoms with van der Waals surface area (Å²) in [5, 5.41) is 0. The topological polar surface area (TPSA) is 0 Å². The fraction of sp³-hybridized carbons (Fsp3) is 0.455. The van der Waals surface area contributed by atoms with Crippen molar-refractivity contribution in [2.45, 2.75) is 31.6 Å². The molecule has 1 aromatic rings. The predicted molar refractivity (Wildman–Crippen MR) is 55.4 cm³/mol. The normalized spacial score (nSPS) is 17.0. The van der Waals surface area contributed by atoms with Gasteiger partial charge in [0.05, 0.1) is 0 Å². The van der Waals surface area contributed by atoms with Crippen molar-refractivity contribution in [1.29, 1.82) is 0 Å². The van der Waals surface area contributed by atoms with Crippen LogP contribution in [0.4, 0.5) is 0 Å². The van der Waals surface area contributed by atoms with Crippen LogP contribution in [0.25, 0.3) is 0 Å². The molecule has 0 atom stereocenters. The average molecular weight is 265 g/mol. The van der Waals surface area contributed by atoms with Gasteiger partial charge < -0.3 is 0 Å². The standard InChI is InChI=1S/C11H13Br.Ar/c12-11-7-5-10(6-8-11)9-3-1-2-4-9;/h5-9H,1-4H2;. The number of halogens is 1. The van der Waals surface area contributed by atoms with Crippen LogP contribution in [0.2, 0.25) is 0 Å². The fourth-order valence-electron chi connectivity index (χ4n) is 1.99. The monoisotopic (exact) mass is 264 g/mol. The summed E-state index contributed by atoms with van der Waals surface area (Å²) in [7, 11) is 0. The Kier molecular flexibility index (Phi) is 5.32. The third-order valence-electron chi connectivity index (χ3n) is 2.70. The summed E-state index contributed by atoms with van der Waals surface area (Å²) >= 11 is 3.45. The van der Waals surface area contributed by atoms with E-state index in [9.17, 15) is 0 Å². The van der Waals surface area contributed by atoms with E-state index in [0.29, 0.717) is 0 Å². The molecular weight excluding hydrogens is 252 g/mol. The first-order chi connectivity index (χ1) is 5.86. The molecular formula is C11H13ArBr. The van der Waals surface area contributed by atoms with E-state index in [1.807, 2.05) is 0 Å². The Hall–Kier alpha value is 0.960. The molecule has 0 unspecified atom stereocenters. The molecule has 1 fully saturated rings. The van der Waals surface area contributed by atoms with Crippen LogP contribution < -0.4 is 0 Å². The van der Waals surface area contributed by atoms with Gasteiger partial charge in [0.1, 0.15) is 0 Å². The van der Waals surface area contributed by atoms with E-state index in [4.69, 9.17) is 0 Å². The van der Waals surface area contributed by atoms with Crippen LogP contribution in [0, 0.1) is 37.7 Å². The van der Waals surface area contributed by atoms with Gasteiger partial charge in [0, 0.05) is 42.2 Å². The van der Waals surface area contributed by atoms with E-state index >= 15 is 0 Å². The fourth-order valence-corrected chi connectivity index (χ4v) is 2.26. The third-order valence-corrected chi connectivity index (χ3v) is 3.23. The molecule has 1 aliphatic carbocycles. The molecule has 72 valence electrons. The summed E-state index contributed by atoms with van der Waals surface area (Å²) in [5.74, 6) is 0.845. The van der Waals surface area contributed by atoms with E-state index in [-0.39, 0.29) is 37.7 Å². The van der Waals surface area contributed by atoms with E-state index < -0.39 is 0 Å². The second-order valence-corrected chi connectivity index (χ2v) is 4.45. The van der Waals surface area contributed by atoms with Gasteiger partial charge in [0.25, 0.3) is 0 Å². The van der Waals surface area contributed by atoms with Gasteiger partial charge in [-0.2, -0.15) is 0 Å². The Morgan fingerprint density at radius 2 is 1.54 bits per heavy atom. The van der Waals surface area contributed by atoms with Crippen LogP contribution in [0.3, 0.4) is 0 Å². The quantitative estimate of drug-likeness (QED) is 0.716. The Labute approximate surface area is 118 Å². The van der Waals surface area contributed by atoms with Gasteiger partial charge in [-0.25, -0.2) is 0 Å². The second-order valence-electron chi connectivity index (χ2n) is 3.53. The first-order valence-corrected chi connectivity index (χ1v) is 5.41. The van der Waals surface area contributed by atoms with Crippen molar-refractivity contribution in [1.82, 2.24) is 0 Å². The van der Waals surface area contributed by atoms with E-state index in [1.165, 1.54) is 35.7 Å². The molecule has 0 saturated heterocycles. The maximum absolute atomic E-state index is 3.45. The van der Waals surface area contributed by atoms with Gasteiger partial charge in [0.2, 0.25) is 0 Å². The zero-order chi connectivity index (χ0) is 8.39. The number of benzene rings is 1. The van der Waals surface area contributed by atoms with Gasteiger partial charge in [-0.1, -0.05) is 40.9 Å².